The second-order valence-corrected chi connectivity index (χ2v) is 7.53. The highest BCUT2D eigenvalue weighted by Gasteiger charge is 2.19. The van der Waals surface area contributed by atoms with E-state index in [2.05, 4.69) is 36.7 Å². The first-order valence-electron chi connectivity index (χ1n) is 11.2. The highest BCUT2D eigenvalue weighted by atomic mass is 15.1. The Bertz CT molecular complexity index is 1470. The lowest BCUT2D eigenvalue weighted by Crippen LogP contribution is -1.95. The van der Waals surface area contributed by atoms with Crippen molar-refractivity contribution >= 4 is 16.5 Å². The Morgan fingerprint density at radius 1 is 1.09 bits per heavy atom. The number of rotatable bonds is 5. The second-order valence-electron chi connectivity index (χ2n) is 7.53. The quantitative estimate of drug-likeness (QED) is 0.348. The van der Waals surface area contributed by atoms with Crippen molar-refractivity contribution in [2.24, 2.45) is 7.05 Å². The summed E-state index contributed by atoms with van der Waals surface area (Å²) in [5.74, 6) is 1.60. The molecule has 0 fully saturated rings. The minimum atomic E-state index is 0.674. The average Bonchev–Trinajstić information content (AvgIpc) is 3.56. The van der Waals surface area contributed by atoms with E-state index in [0.717, 1.165) is 56.5 Å². The van der Waals surface area contributed by atoms with Crippen molar-refractivity contribution in [2.75, 3.05) is 0 Å². The Labute approximate surface area is 198 Å². The molecule has 2 N–H and O–H groups in total. The normalized spacial score (nSPS) is 11.4. The van der Waals surface area contributed by atoms with Crippen LogP contribution >= 0.6 is 0 Å². The van der Waals surface area contributed by atoms with E-state index in [1.54, 1.807) is 18.5 Å². The maximum Gasteiger partial charge on any atom is 0.159 e. The maximum atomic E-state index is 4.89. The van der Waals surface area contributed by atoms with Crippen LogP contribution in [-0.4, -0.2) is 39.7 Å². The zero-order chi connectivity index (χ0) is 24.2. The Hall–Kier alpha value is -4.33. The molecule has 5 heterocycles. The number of aromatic nitrogens is 8. The lowest BCUT2D eigenvalue weighted by Gasteiger charge is -2.04. The van der Waals surface area contributed by atoms with Gasteiger partial charge in [-0.3, -0.25) is 15.1 Å². The third kappa shape index (κ3) is 4.05. The fourth-order valence-electron chi connectivity index (χ4n) is 3.74. The Kier molecular flexibility index (Phi) is 6.49. The average molecular weight is 453 g/mol. The summed E-state index contributed by atoms with van der Waals surface area (Å²) in [6, 6.07) is 7.82. The molecule has 0 aliphatic heterocycles. The van der Waals surface area contributed by atoms with Gasteiger partial charge in [-0.15, -0.1) is 0 Å². The number of aryl methyl sites for hydroxylation is 2. The van der Waals surface area contributed by atoms with Crippen molar-refractivity contribution in [3.63, 3.8) is 0 Å². The minimum absolute atomic E-state index is 0.674. The monoisotopic (exact) mass is 452 g/mol. The first-order chi connectivity index (χ1) is 16.6. The van der Waals surface area contributed by atoms with Gasteiger partial charge in [0.15, 0.2) is 5.82 Å². The summed E-state index contributed by atoms with van der Waals surface area (Å²) in [4.78, 5) is 21.7. The van der Waals surface area contributed by atoms with Crippen LogP contribution in [0.5, 0.6) is 0 Å². The number of hydrogen-bond acceptors (Lipinski definition) is 5. The van der Waals surface area contributed by atoms with Crippen LogP contribution in [0.25, 0.3) is 39.4 Å². The molecule has 0 radical (unpaired) electrons. The molecule has 5 aromatic rings. The molecule has 0 saturated carbocycles. The topological polar surface area (TPSA) is 101 Å². The Morgan fingerprint density at radius 2 is 1.91 bits per heavy atom. The molecule has 8 nitrogen and oxygen atoms in total. The van der Waals surface area contributed by atoms with Crippen LogP contribution in [0.2, 0.25) is 0 Å². The fourth-order valence-corrected chi connectivity index (χ4v) is 3.74. The van der Waals surface area contributed by atoms with Crippen LogP contribution in [0.4, 0.5) is 0 Å². The minimum Gasteiger partial charge on any atom is -0.340 e. The summed E-state index contributed by atoms with van der Waals surface area (Å²) in [6.45, 7) is 11.8. The molecule has 0 unspecified atom stereocenters. The van der Waals surface area contributed by atoms with Gasteiger partial charge >= 0.3 is 0 Å². The number of allylic oxidation sites excluding steroid dienone is 2. The van der Waals surface area contributed by atoms with Crippen LogP contribution in [0.1, 0.15) is 36.8 Å². The largest absolute Gasteiger partial charge is 0.340 e. The maximum absolute atomic E-state index is 4.89. The van der Waals surface area contributed by atoms with Gasteiger partial charge in [0.2, 0.25) is 0 Å². The predicted molar refractivity (Wildman–Crippen MR) is 136 cm³/mol. The van der Waals surface area contributed by atoms with E-state index >= 15 is 0 Å². The standard InChI is InChI=1S/C24H22N8.C2H6/c1-5-8-16(18-9-6-7-10-25-18)22-14(2)28-24(29-22)23-17-11-19(27-12-20(17)30-31-23)21-13-26-15(3)32(21)4;1-2/h5-13H,1H2,2-4H3,(H,28,29)(H,30,31);1-2H3/b16-8-;. The zero-order valence-corrected chi connectivity index (χ0v) is 20.1. The van der Waals surface area contributed by atoms with Gasteiger partial charge in [-0.2, -0.15) is 5.10 Å². The van der Waals surface area contributed by atoms with Crippen molar-refractivity contribution in [2.45, 2.75) is 27.7 Å². The summed E-state index contributed by atoms with van der Waals surface area (Å²) < 4.78 is 2.02. The van der Waals surface area contributed by atoms with Crippen molar-refractivity contribution in [1.82, 2.24) is 39.7 Å². The molecule has 0 aliphatic carbocycles. The van der Waals surface area contributed by atoms with Crippen LogP contribution in [-0.2, 0) is 7.05 Å². The molecule has 5 aromatic heterocycles. The molecule has 8 heteroatoms. The van der Waals surface area contributed by atoms with Gasteiger partial charge in [0.05, 0.1) is 40.7 Å². The summed E-state index contributed by atoms with van der Waals surface area (Å²) in [5.41, 5.74) is 6.80. The van der Waals surface area contributed by atoms with Crippen LogP contribution in [0.15, 0.2) is 61.6 Å². The SMILES string of the molecule is C=C/C=C(/c1ccccn1)c1nc(-c2n[nH]c3cnc(-c4cnc(C)n4C)cc23)[nH]c1C.CC. The summed E-state index contributed by atoms with van der Waals surface area (Å²) in [6.07, 6.45) is 9.06. The lowest BCUT2D eigenvalue weighted by molar-refractivity contribution is 0.862. The number of pyridine rings is 2. The van der Waals surface area contributed by atoms with Crippen molar-refractivity contribution in [3.05, 3.63) is 84.5 Å². The van der Waals surface area contributed by atoms with Crippen LogP contribution < -0.4 is 0 Å². The first-order valence-corrected chi connectivity index (χ1v) is 11.2. The van der Waals surface area contributed by atoms with Gasteiger partial charge in [0, 0.05) is 29.9 Å². The number of imidazole rings is 2. The van der Waals surface area contributed by atoms with Crippen molar-refractivity contribution in [1.29, 1.82) is 0 Å². The number of nitrogens with one attached hydrogen (secondary N) is 2. The molecule has 0 amide bonds. The molecule has 0 spiro atoms. The van der Waals surface area contributed by atoms with E-state index < -0.39 is 0 Å². The summed E-state index contributed by atoms with van der Waals surface area (Å²) in [7, 11) is 1.98. The van der Waals surface area contributed by atoms with Gasteiger partial charge in [0.1, 0.15) is 11.5 Å². The number of H-pyrrole nitrogens is 2. The molecule has 0 bridgehead atoms. The van der Waals surface area contributed by atoms with Crippen molar-refractivity contribution < 1.29 is 0 Å². The van der Waals surface area contributed by atoms with Crippen molar-refractivity contribution in [3.8, 4) is 22.9 Å². The molecule has 0 atom stereocenters. The third-order valence-corrected chi connectivity index (χ3v) is 5.52. The van der Waals surface area contributed by atoms with Gasteiger partial charge in [-0.05, 0) is 32.0 Å². The van der Waals surface area contributed by atoms with Gasteiger partial charge in [-0.25, -0.2) is 9.97 Å². The molecule has 172 valence electrons. The first kappa shape index (κ1) is 22.8. The van der Waals surface area contributed by atoms with Gasteiger partial charge in [-0.1, -0.05) is 38.6 Å². The number of fused-ring (bicyclic) bond motifs is 1. The molecule has 34 heavy (non-hydrogen) atoms. The predicted octanol–water partition coefficient (Wildman–Crippen LogP) is 5.40. The van der Waals surface area contributed by atoms with E-state index in [1.165, 1.54) is 0 Å². The Morgan fingerprint density at radius 3 is 2.59 bits per heavy atom. The Balaban J connectivity index is 0.00000133. The van der Waals surface area contributed by atoms with Gasteiger partial charge < -0.3 is 9.55 Å². The van der Waals surface area contributed by atoms with E-state index in [0.29, 0.717) is 5.82 Å². The number of nitrogens with zero attached hydrogens (tertiary/aromatic N) is 6. The smallest absolute Gasteiger partial charge is 0.159 e. The molecular weight excluding hydrogens is 424 g/mol. The van der Waals surface area contributed by atoms with E-state index in [9.17, 15) is 0 Å². The van der Waals surface area contributed by atoms with Gasteiger partial charge in [0.25, 0.3) is 0 Å². The molecule has 0 aliphatic rings. The molecule has 5 rings (SSSR count). The third-order valence-electron chi connectivity index (χ3n) is 5.52. The summed E-state index contributed by atoms with van der Waals surface area (Å²) in [5, 5.41) is 8.52. The van der Waals surface area contributed by atoms with Crippen LogP contribution in [0.3, 0.4) is 0 Å². The molecule has 0 saturated heterocycles. The fraction of sp³-hybridized carbons (Fsp3) is 0.192. The zero-order valence-electron chi connectivity index (χ0n) is 20.1. The summed E-state index contributed by atoms with van der Waals surface area (Å²) >= 11 is 0. The second kappa shape index (κ2) is 9.66. The van der Waals surface area contributed by atoms with E-state index in [1.807, 2.05) is 75.8 Å². The molecule has 0 aromatic carbocycles. The molecular formula is C26H28N8. The number of aromatic amines is 2. The van der Waals surface area contributed by atoms with Crippen LogP contribution in [0, 0.1) is 13.8 Å². The highest BCUT2D eigenvalue weighted by Crippen LogP contribution is 2.31. The highest BCUT2D eigenvalue weighted by molar-refractivity contribution is 5.93. The van der Waals surface area contributed by atoms with E-state index in [-0.39, 0.29) is 0 Å². The lowest BCUT2D eigenvalue weighted by atomic mass is 10.1. The number of hydrogen-bond donors (Lipinski definition) is 2. The van der Waals surface area contributed by atoms with E-state index in [4.69, 9.17) is 4.98 Å².